The van der Waals surface area contributed by atoms with Crippen molar-refractivity contribution in [3.63, 3.8) is 0 Å². The third-order valence-electron chi connectivity index (χ3n) is 2.48. The highest BCUT2D eigenvalue weighted by atomic mass is 35.5. The molecule has 0 radical (unpaired) electrons. The number of benzene rings is 1. The summed E-state index contributed by atoms with van der Waals surface area (Å²) in [6.07, 6.45) is 0.968. The largest absolute Gasteiger partial charge is 0.439 e. The number of hydrogen-bond acceptors (Lipinski definition) is 4. The van der Waals surface area contributed by atoms with E-state index >= 15 is 0 Å². The molecular formula is C14H15ClFN3O. The number of aryl methyl sites for hydroxylation is 1. The third-order valence-corrected chi connectivity index (χ3v) is 2.78. The molecule has 0 unspecified atom stereocenters. The Morgan fingerprint density at radius 1 is 1.30 bits per heavy atom. The summed E-state index contributed by atoms with van der Waals surface area (Å²) in [5.74, 6) is 0.667. The zero-order chi connectivity index (χ0) is 14.5. The van der Waals surface area contributed by atoms with Crippen LogP contribution in [-0.2, 0) is 0 Å². The Morgan fingerprint density at radius 2 is 2.10 bits per heavy atom. The van der Waals surface area contributed by atoms with Crippen LogP contribution in [-0.4, -0.2) is 16.5 Å². The highest BCUT2D eigenvalue weighted by Crippen LogP contribution is 2.25. The molecule has 0 fully saturated rings. The van der Waals surface area contributed by atoms with Gasteiger partial charge in [0.15, 0.2) is 0 Å². The summed E-state index contributed by atoms with van der Waals surface area (Å²) in [4.78, 5) is 8.47. The molecule has 2 aromatic rings. The maximum Gasteiger partial charge on any atom is 0.226 e. The first-order valence-electron chi connectivity index (χ1n) is 6.31. The predicted molar refractivity (Wildman–Crippen MR) is 77.0 cm³/mol. The van der Waals surface area contributed by atoms with Gasteiger partial charge in [-0.15, -0.1) is 0 Å². The van der Waals surface area contributed by atoms with Gasteiger partial charge in [0.25, 0.3) is 0 Å². The van der Waals surface area contributed by atoms with Crippen LogP contribution in [0.15, 0.2) is 24.3 Å². The van der Waals surface area contributed by atoms with Crippen LogP contribution in [0.3, 0.4) is 0 Å². The maximum atomic E-state index is 13.4. The van der Waals surface area contributed by atoms with Crippen molar-refractivity contribution in [2.75, 3.05) is 11.9 Å². The molecular weight excluding hydrogens is 281 g/mol. The molecule has 0 saturated carbocycles. The summed E-state index contributed by atoms with van der Waals surface area (Å²) in [6, 6.07) is 5.93. The lowest BCUT2D eigenvalue weighted by molar-refractivity contribution is 0.457. The lowest BCUT2D eigenvalue weighted by Gasteiger charge is -2.09. The molecule has 0 saturated heterocycles. The second-order valence-corrected chi connectivity index (χ2v) is 4.68. The van der Waals surface area contributed by atoms with Gasteiger partial charge in [0.2, 0.25) is 11.8 Å². The molecule has 1 heterocycles. The summed E-state index contributed by atoms with van der Waals surface area (Å²) in [5.41, 5.74) is 0.767. The van der Waals surface area contributed by atoms with Crippen LogP contribution in [0.5, 0.6) is 11.6 Å². The number of rotatable bonds is 5. The minimum absolute atomic E-state index is 0.0570. The van der Waals surface area contributed by atoms with Gasteiger partial charge in [-0.3, -0.25) is 0 Å². The van der Waals surface area contributed by atoms with Crippen molar-refractivity contribution >= 4 is 17.5 Å². The maximum absolute atomic E-state index is 13.4. The Kier molecular flexibility index (Phi) is 4.74. The van der Waals surface area contributed by atoms with Crippen molar-refractivity contribution in [1.82, 2.24) is 9.97 Å². The van der Waals surface area contributed by atoms with Crippen LogP contribution in [0.25, 0.3) is 0 Å². The van der Waals surface area contributed by atoms with E-state index in [-0.39, 0.29) is 5.02 Å². The van der Waals surface area contributed by atoms with Crippen LogP contribution in [0.2, 0.25) is 5.02 Å². The van der Waals surface area contributed by atoms with Gasteiger partial charge in [-0.1, -0.05) is 18.5 Å². The van der Waals surface area contributed by atoms with Crippen LogP contribution >= 0.6 is 11.6 Å². The summed E-state index contributed by atoms with van der Waals surface area (Å²) in [6.45, 7) is 4.67. The molecule has 6 heteroatoms. The van der Waals surface area contributed by atoms with Crippen molar-refractivity contribution < 1.29 is 9.13 Å². The molecule has 106 valence electrons. The standard InChI is InChI=1S/C14H15ClFN3O/c1-3-6-17-14-18-9(2)7-13(19-14)20-10-4-5-11(15)12(16)8-10/h4-5,7-8H,3,6H2,1-2H3,(H,17,18,19). The average molecular weight is 296 g/mol. The normalized spacial score (nSPS) is 10.4. The Bertz CT molecular complexity index is 607. The second-order valence-electron chi connectivity index (χ2n) is 4.28. The average Bonchev–Trinajstić information content (AvgIpc) is 2.40. The van der Waals surface area contributed by atoms with E-state index in [0.717, 1.165) is 18.7 Å². The van der Waals surface area contributed by atoms with Crippen molar-refractivity contribution in [3.05, 3.63) is 40.8 Å². The fraction of sp³-hybridized carbons (Fsp3) is 0.286. The highest BCUT2D eigenvalue weighted by molar-refractivity contribution is 6.30. The molecule has 0 aliphatic carbocycles. The van der Waals surface area contributed by atoms with Gasteiger partial charge < -0.3 is 10.1 Å². The number of halogens is 2. The van der Waals surface area contributed by atoms with E-state index in [1.165, 1.54) is 12.1 Å². The molecule has 0 bridgehead atoms. The van der Waals surface area contributed by atoms with Crippen molar-refractivity contribution in [2.45, 2.75) is 20.3 Å². The molecule has 1 N–H and O–H groups in total. The zero-order valence-corrected chi connectivity index (χ0v) is 12.0. The molecule has 1 aromatic heterocycles. The SMILES string of the molecule is CCCNc1nc(C)cc(Oc2ccc(Cl)c(F)c2)n1. The smallest absolute Gasteiger partial charge is 0.226 e. The van der Waals surface area contributed by atoms with Crippen LogP contribution in [0.1, 0.15) is 19.0 Å². The Hall–Kier alpha value is -1.88. The monoisotopic (exact) mass is 295 g/mol. The quantitative estimate of drug-likeness (QED) is 0.898. The predicted octanol–water partition coefficient (Wildman–Crippen LogP) is 4.19. The molecule has 0 amide bonds. The summed E-state index contributed by atoms with van der Waals surface area (Å²) in [7, 11) is 0. The molecule has 0 aliphatic rings. The number of nitrogens with zero attached hydrogens (tertiary/aromatic N) is 2. The topological polar surface area (TPSA) is 47.0 Å². The zero-order valence-electron chi connectivity index (χ0n) is 11.3. The highest BCUT2D eigenvalue weighted by Gasteiger charge is 2.06. The van der Waals surface area contributed by atoms with Crippen molar-refractivity contribution in [1.29, 1.82) is 0 Å². The molecule has 20 heavy (non-hydrogen) atoms. The molecule has 0 aliphatic heterocycles. The van der Waals surface area contributed by atoms with Gasteiger partial charge in [-0.2, -0.15) is 4.98 Å². The number of anilines is 1. The van der Waals surface area contributed by atoms with E-state index in [4.69, 9.17) is 16.3 Å². The third kappa shape index (κ3) is 3.81. The van der Waals surface area contributed by atoms with Gasteiger partial charge >= 0.3 is 0 Å². The fourth-order valence-corrected chi connectivity index (χ4v) is 1.69. The number of nitrogens with one attached hydrogen (secondary N) is 1. The van der Waals surface area contributed by atoms with Crippen molar-refractivity contribution in [2.24, 2.45) is 0 Å². The van der Waals surface area contributed by atoms with E-state index < -0.39 is 5.82 Å². The Morgan fingerprint density at radius 3 is 2.80 bits per heavy atom. The van der Waals surface area contributed by atoms with Crippen LogP contribution < -0.4 is 10.1 Å². The Labute approximate surface area is 122 Å². The van der Waals surface area contributed by atoms with E-state index in [2.05, 4.69) is 22.2 Å². The summed E-state index contributed by atoms with van der Waals surface area (Å²) in [5, 5.41) is 3.14. The molecule has 4 nitrogen and oxygen atoms in total. The van der Waals surface area contributed by atoms with Gasteiger partial charge in [-0.25, -0.2) is 9.37 Å². The summed E-state index contributed by atoms with van der Waals surface area (Å²) < 4.78 is 18.9. The van der Waals surface area contributed by atoms with Gasteiger partial charge in [0.1, 0.15) is 11.6 Å². The van der Waals surface area contributed by atoms with Crippen LogP contribution in [0, 0.1) is 12.7 Å². The number of aromatic nitrogens is 2. The Balaban J connectivity index is 2.19. The summed E-state index contributed by atoms with van der Waals surface area (Å²) >= 11 is 5.63. The lowest BCUT2D eigenvalue weighted by atomic mass is 10.3. The second kappa shape index (κ2) is 6.52. The molecule has 0 atom stereocenters. The molecule has 0 spiro atoms. The minimum Gasteiger partial charge on any atom is -0.439 e. The van der Waals surface area contributed by atoms with E-state index in [0.29, 0.717) is 17.6 Å². The van der Waals surface area contributed by atoms with Crippen molar-refractivity contribution in [3.8, 4) is 11.6 Å². The van der Waals surface area contributed by atoms with E-state index in [9.17, 15) is 4.39 Å². The minimum atomic E-state index is -0.528. The first-order chi connectivity index (χ1) is 9.58. The number of hydrogen-bond donors (Lipinski definition) is 1. The van der Waals surface area contributed by atoms with E-state index in [1.807, 2.05) is 6.92 Å². The van der Waals surface area contributed by atoms with Gasteiger partial charge in [0, 0.05) is 24.4 Å². The molecule has 1 aromatic carbocycles. The van der Waals surface area contributed by atoms with E-state index in [1.54, 1.807) is 12.1 Å². The molecule has 2 rings (SSSR count). The van der Waals surface area contributed by atoms with Gasteiger partial charge in [-0.05, 0) is 25.5 Å². The number of ether oxygens (including phenoxy) is 1. The first kappa shape index (κ1) is 14.5. The fourth-order valence-electron chi connectivity index (χ4n) is 1.57. The first-order valence-corrected chi connectivity index (χ1v) is 6.68. The van der Waals surface area contributed by atoms with Gasteiger partial charge in [0.05, 0.1) is 5.02 Å². The van der Waals surface area contributed by atoms with Crippen LogP contribution in [0.4, 0.5) is 10.3 Å². The lowest BCUT2D eigenvalue weighted by Crippen LogP contribution is -2.05.